The molecule has 0 spiro atoms. The third-order valence-electron chi connectivity index (χ3n) is 3.49. The molecule has 0 unspecified atom stereocenters. The first kappa shape index (κ1) is 13.4. The smallest absolute Gasteiger partial charge is 0.0582 e. The van der Waals surface area contributed by atoms with E-state index in [2.05, 4.69) is 21.5 Å². The van der Waals surface area contributed by atoms with E-state index in [9.17, 15) is 0 Å². The van der Waals surface area contributed by atoms with Crippen molar-refractivity contribution in [2.75, 3.05) is 17.6 Å². The fourth-order valence-corrected chi connectivity index (χ4v) is 2.41. The quantitative estimate of drug-likeness (QED) is 0.721. The maximum absolute atomic E-state index is 6.02. The predicted octanol–water partition coefficient (Wildman–Crippen LogP) is 2.74. The van der Waals surface area contributed by atoms with Gasteiger partial charge in [0.1, 0.15) is 0 Å². The normalized spacial score (nSPS) is 11.0. The molecule has 108 valence electrons. The van der Waals surface area contributed by atoms with E-state index in [1.165, 1.54) is 5.56 Å². The highest BCUT2D eigenvalue weighted by molar-refractivity contribution is 6.00. The predicted molar refractivity (Wildman–Crippen MR) is 86.3 cm³/mol. The number of hydrogen-bond acceptors (Lipinski definition) is 4. The summed E-state index contributed by atoms with van der Waals surface area (Å²) in [4.78, 5) is 4.32. The van der Waals surface area contributed by atoms with Crippen molar-refractivity contribution in [2.24, 2.45) is 0 Å². The molecule has 0 aliphatic heterocycles. The number of aryl methyl sites for hydroxylation is 2. The van der Waals surface area contributed by atoms with Crippen molar-refractivity contribution in [1.82, 2.24) is 14.8 Å². The van der Waals surface area contributed by atoms with Gasteiger partial charge < -0.3 is 11.1 Å². The Morgan fingerprint density at radius 2 is 2.05 bits per heavy atom. The Morgan fingerprint density at radius 3 is 2.81 bits per heavy atom. The summed E-state index contributed by atoms with van der Waals surface area (Å²) in [6.45, 7) is 5.66. The molecule has 0 atom stereocenters. The summed E-state index contributed by atoms with van der Waals surface area (Å²) in [6.07, 6.45) is 5.74. The topological polar surface area (TPSA) is 68.8 Å². The van der Waals surface area contributed by atoms with Crippen molar-refractivity contribution in [3.8, 4) is 0 Å². The molecule has 0 fully saturated rings. The van der Waals surface area contributed by atoms with Gasteiger partial charge in [0, 0.05) is 46.8 Å². The van der Waals surface area contributed by atoms with Crippen molar-refractivity contribution in [1.29, 1.82) is 0 Å². The largest absolute Gasteiger partial charge is 0.398 e. The molecular formula is C16H19N5. The second-order valence-corrected chi connectivity index (χ2v) is 5.28. The molecule has 3 N–H and O–H groups in total. The number of hydrogen-bond donors (Lipinski definition) is 2. The van der Waals surface area contributed by atoms with Crippen LogP contribution in [0.1, 0.15) is 11.3 Å². The fourth-order valence-electron chi connectivity index (χ4n) is 2.41. The first-order valence-electron chi connectivity index (χ1n) is 7.01. The fraction of sp³-hybridized carbons (Fsp3) is 0.250. The Labute approximate surface area is 123 Å². The number of rotatable bonds is 4. The van der Waals surface area contributed by atoms with Crippen molar-refractivity contribution in [3.63, 3.8) is 0 Å². The highest BCUT2D eigenvalue weighted by Crippen LogP contribution is 2.28. The van der Waals surface area contributed by atoms with Gasteiger partial charge in [0.2, 0.25) is 0 Å². The highest BCUT2D eigenvalue weighted by Gasteiger charge is 2.05. The lowest BCUT2D eigenvalue weighted by atomic mass is 10.1. The lowest BCUT2D eigenvalue weighted by Gasteiger charge is -2.12. The Balaban J connectivity index is 1.80. The van der Waals surface area contributed by atoms with Gasteiger partial charge in [0.25, 0.3) is 0 Å². The van der Waals surface area contributed by atoms with E-state index in [-0.39, 0.29) is 0 Å². The average molecular weight is 281 g/mol. The number of nitrogens with zero attached hydrogens (tertiary/aromatic N) is 3. The molecule has 2 aromatic heterocycles. The van der Waals surface area contributed by atoms with Crippen LogP contribution < -0.4 is 11.1 Å². The minimum absolute atomic E-state index is 0.755. The minimum Gasteiger partial charge on any atom is -0.398 e. The van der Waals surface area contributed by atoms with Gasteiger partial charge in [-0.15, -0.1) is 0 Å². The van der Waals surface area contributed by atoms with E-state index in [4.69, 9.17) is 5.73 Å². The molecule has 1 aromatic carbocycles. The molecule has 3 rings (SSSR count). The molecule has 0 saturated carbocycles. The second kappa shape index (κ2) is 5.44. The summed E-state index contributed by atoms with van der Waals surface area (Å²) in [5.74, 6) is 0. The van der Waals surface area contributed by atoms with Crippen LogP contribution in [0.15, 0.2) is 36.8 Å². The molecule has 0 radical (unpaired) electrons. The molecule has 2 heterocycles. The standard InChI is InChI=1S/C16H19N5/c1-11-8-20-21(10-11)6-5-18-16-4-3-15(17)14-9-19-12(2)7-13(14)16/h3-4,7-10,18H,5-6,17H2,1-2H3. The molecule has 5 nitrogen and oxygen atoms in total. The molecule has 0 saturated heterocycles. The van der Waals surface area contributed by atoms with Gasteiger partial charge in [0.05, 0.1) is 12.7 Å². The molecular weight excluding hydrogens is 262 g/mol. The minimum atomic E-state index is 0.755. The summed E-state index contributed by atoms with van der Waals surface area (Å²) in [5.41, 5.74) is 10.0. The first-order chi connectivity index (χ1) is 10.1. The van der Waals surface area contributed by atoms with Crippen LogP contribution in [0.4, 0.5) is 11.4 Å². The van der Waals surface area contributed by atoms with Gasteiger partial charge in [-0.1, -0.05) is 0 Å². The summed E-state index contributed by atoms with van der Waals surface area (Å²) in [6, 6.07) is 6.00. The van der Waals surface area contributed by atoms with Crippen LogP contribution in [0.2, 0.25) is 0 Å². The van der Waals surface area contributed by atoms with Crippen molar-refractivity contribution < 1.29 is 0 Å². The Morgan fingerprint density at radius 1 is 1.19 bits per heavy atom. The zero-order valence-corrected chi connectivity index (χ0v) is 12.3. The van der Waals surface area contributed by atoms with Crippen LogP contribution in [-0.4, -0.2) is 21.3 Å². The van der Waals surface area contributed by atoms with Crippen molar-refractivity contribution in [2.45, 2.75) is 20.4 Å². The Hall–Kier alpha value is -2.56. The number of benzene rings is 1. The highest BCUT2D eigenvalue weighted by atomic mass is 15.3. The first-order valence-corrected chi connectivity index (χ1v) is 7.01. The Bertz CT molecular complexity index is 775. The average Bonchev–Trinajstić information content (AvgIpc) is 2.87. The lowest BCUT2D eigenvalue weighted by Crippen LogP contribution is -2.11. The van der Waals surface area contributed by atoms with E-state index in [0.29, 0.717) is 0 Å². The molecule has 5 heteroatoms. The molecule has 0 aliphatic carbocycles. The maximum atomic E-state index is 6.02. The maximum Gasteiger partial charge on any atom is 0.0582 e. The van der Waals surface area contributed by atoms with Crippen molar-refractivity contribution >= 4 is 22.1 Å². The van der Waals surface area contributed by atoms with E-state index >= 15 is 0 Å². The van der Waals surface area contributed by atoms with Crippen LogP contribution in [0, 0.1) is 13.8 Å². The lowest BCUT2D eigenvalue weighted by molar-refractivity contribution is 0.638. The molecule has 0 amide bonds. The number of anilines is 2. The zero-order valence-electron chi connectivity index (χ0n) is 12.3. The van der Waals surface area contributed by atoms with Crippen LogP contribution in [-0.2, 0) is 6.54 Å². The number of nitrogen functional groups attached to an aromatic ring is 1. The van der Waals surface area contributed by atoms with Crippen LogP contribution in [0.3, 0.4) is 0 Å². The second-order valence-electron chi connectivity index (χ2n) is 5.28. The summed E-state index contributed by atoms with van der Waals surface area (Å²) >= 11 is 0. The van der Waals surface area contributed by atoms with E-state index in [1.807, 2.05) is 49.3 Å². The molecule has 21 heavy (non-hydrogen) atoms. The third kappa shape index (κ3) is 2.81. The van der Waals surface area contributed by atoms with Crippen molar-refractivity contribution in [3.05, 3.63) is 48.0 Å². The van der Waals surface area contributed by atoms with Gasteiger partial charge in [-0.3, -0.25) is 9.67 Å². The summed E-state index contributed by atoms with van der Waals surface area (Å²) < 4.78 is 1.94. The number of fused-ring (bicyclic) bond motifs is 1. The SMILES string of the molecule is Cc1cnn(CCNc2ccc(N)c3cnc(C)cc23)c1. The number of aromatic nitrogens is 3. The number of nitrogens with one attached hydrogen (secondary N) is 1. The van der Waals surface area contributed by atoms with Gasteiger partial charge in [0.15, 0.2) is 0 Å². The van der Waals surface area contributed by atoms with E-state index in [1.54, 1.807) is 0 Å². The van der Waals surface area contributed by atoms with E-state index < -0.39 is 0 Å². The summed E-state index contributed by atoms with van der Waals surface area (Å²) in [7, 11) is 0. The number of nitrogens with two attached hydrogens (primary N) is 1. The molecule has 3 aromatic rings. The van der Waals surface area contributed by atoms with E-state index in [0.717, 1.165) is 40.9 Å². The molecule has 0 aliphatic rings. The van der Waals surface area contributed by atoms with Gasteiger partial charge >= 0.3 is 0 Å². The van der Waals surface area contributed by atoms with Crippen LogP contribution >= 0.6 is 0 Å². The number of pyridine rings is 1. The van der Waals surface area contributed by atoms with Gasteiger partial charge in [-0.25, -0.2) is 0 Å². The monoisotopic (exact) mass is 281 g/mol. The van der Waals surface area contributed by atoms with Gasteiger partial charge in [-0.2, -0.15) is 5.10 Å². The molecule has 0 bridgehead atoms. The summed E-state index contributed by atoms with van der Waals surface area (Å²) in [5, 5.41) is 9.84. The van der Waals surface area contributed by atoms with Gasteiger partial charge in [-0.05, 0) is 37.6 Å². The Kier molecular flexibility index (Phi) is 3.48. The third-order valence-corrected chi connectivity index (χ3v) is 3.49. The van der Waals surface area contributed by atoms with Crippen LogP contribution in [0.5, 0.6) is 0 Å². The van der Waals surface area contributed by atoms with Crippen LogP contribution in [0.25, 0.3) is 10.8 Å². The zero-order chi connectivity index (χ0) is 14.8.